The molecule has 5 nitrogen and oxygen atoms in total. The molecular formula is C16H12N2O3S. The van der Waals surface area contributed by atoms with Crippen molar-refractivity contribution in [3.8, 4) is 39.6 Å². The van der Waals surface area contributed by atoms with Crippen LogP contribution in [0.5, 0.6) is 17.2 Å². The molecule has 0 aliphatic rings. The first-order valence-electron chi connectivity index (χ1n) is 6.45. The van der Waals surface area contributed by atoms with E-state index in [0.717, 1.165) is 11.1 Å². The summed E-state index contributed by atoms with van der Waals surface area (Å²) in [6.45, 7) is 0. The van der Waals surface area contributed by atoms with E-state index in [1.807, 2.05) is 0 Å². The van der Waals surface area contributed by atoms with Crippen molar-refractivity contribution in [3.05, 3.63) is 53.4 Å². The quantitative estimate of drug-likeness (QED) is 0.543. The van der Waals surface area contributed by atoms with Crippen LogP contribution in [-0.2, 0) is 0 Å². The summed E-state index contributed by atoms with van der Waals surface area (Å²) >= 11 is 5.06. The lowest BCUT2D eigenvalue weighted by Crippen LogP contribution is -1.93. The standard InChI is InChI=1S/C16H12N2O3S/c19-10-3-1-9(2-4-10)13-8-17-16(22)18-15(13)12-6-5-11(20)7-14(12)21/h1-8,19-21H,(H,17,18,22). The Morgan fingerprint density at radius 1 is 0.864 bits per heavy atom. The van der Waals surface area contributed by atoms with Crippen LogP contribution in [0.4, 0.5) is 0 Å². The van der Waals surface area contributed by atoms with Gasteiger partial charge in [-0.05, 0) is 42.0 Å². The second-order valence-corrected chi connectivity index (χ2v) is 5.11. The van der Waals surface area contributed by atoms with Crippen molar-refractivity contribution in [2.45, 2.75) is 0 Å². The Balaban J connectivity index is 2.24. The highest BCUT2D eigenvalue weighted by atomic mass is 32.1. The minimum atomic E-state index is -0.0723. The summed E-state index contributed by atoms with van der Waals surface area (Å²) in [6, 6.07) is 10.9. The fourth-order valence-electron chi connectivity index (χ4n) is 2.20. The first-order valence-corrected chi connectivity index (χ1v) is 6.86. The summed E-state index contributed by atoms with van der Waals surface area (Å²) < 4.78 is 0.282. The number of hydrogen-bond acceptors (Lipinski definition) is 5. The molecule has 4 N–H and O–H groups in total. The molecule has 2 aromatic carbocycles. The van der Waals surface area contributed by atoms with Crippen LogP contribution in [0, 0.1) is 4.77 Å². The molecule has 3 rings (SSSR count). The number of nitrogens with zero attached hydrogens (tertiary/aromatic N) is 1. The van der Waals surface area contributed by atoms with Crippen LogP contribution in [0.1, 0.15) is 0 Å². The predicted molar refractivity (Wildman–Crippen MR) is 85.3 cm³/mol. The van der Waals surface area contributed by atoms with E-state index in [1.165, 1.54) is 12.1 Å². The van der Waals surface area contributed by atoms with Crippen LogP contribution < -0.4 is 0 Å². The van der Waals surface area contributed by atoms with E-state index in [1.54, 1.807) is 36.5 Å². The van der Waals surface area contributed by atoms with E-state index < -0.39 is 0 Å². The minimum Gasteiger partial charge on any atom is -0.508 e. The lowest BCUT2D eigenvalue weighted by molar-refractivity contribution is 0.451. The van der Waals surface area contributed by atoms with Gasteiger partial charge in [0.25, 0.3) is 0 Å². The Labute approximate surface area is 131 Å². The molecule has 110 valence electrons. The van der Waals surface area contributed by atoms with E-state index in [4.69, 9.17) is 12.2 Å². The van der Waals surface area contributed by atoms with Crippen LogP contribution in [0.25, 0.3) is 22.4 Å². The summed E-state index contributed by atoms with van der Waals surface area (Å²) in [5, 5.41) is 28.9. The number of aromatic hydroxyl groups is 3. The molecule has 0 aliphatic carbocycles. The zero-order valence-corrected chi connectivity index (χ0v) is 12.1. The summed E-state index contributed by atoms with van der Waals surface area (Å²) in [6.07, 6.45) is 1.60. The van der Waals surface area contributed by atoms with Gasteiger partial charge in [0.1, 0.15) is 17.2 Å². The van der Waals surface area contributed by atoms with Crippen LogP contribution in [0.15, 0.2) is 48.7 Å². The molecule has 0 atom stereocenters. The number of phenols is 3. The van der Waals surface area contributed by atoms with Crippen LogP contribution in [0.3, 0.4) is 0 Å². The van der Waals surface area contributed by atoms with Gasteiger partial charge in [-0.25, -0.2) is 4.98 Å². The van der Waals surface area contributed by atoms with Gasteiger partial charge in [-0.1, -0.05) is 12.1 Å². The normalized spacial score (nSPS) is 10.5. The highest BCUT2D eigenvalue weighted by molar-refractivity contribution is 7.71. The molecule has 0 saturated carbocycles. The van der Waals surface area contributed by atoms with Crippen molar-refractivity contribution < 1.29 is 15.3 Å². The van der Waals surface area contributed by atoms with E-state index in [2.05, 4.69) is 9.97 Å². The van der Waals surface area contributed by atoms with Crippen molar-refractivity contribution >= 4 is 12.2 Å². The Morgan fingerprint density at radius 2 is 1.55 bits per heavy atom. The number of rotatable bonds is 2. The molecule has 6 heteroatoms. The van der Waals surface area contributed by atoms with Gasteiger partial charge in [-0.15, -0.1) is 0 Å². The van der Waals surface area contributed by atoms with Gasteiger partial charge < -0.3 is 20.3 Å². The molecule has 0 unspecified atom stereocenters. The molecule has 0 radical (unpaired) electrons. The van der Waals surface area contributed by atoms with Gasteiger partial charge in [0.05, 0.1) is 5.69 Å². The Bertz CT molecular complexity index is 889. The van der Waals surface area contributed by atoms with E-state index in [-0.39, 0.29) is 22.0 Å². The zero-order valence-electron chi connectivity index (χ0n) is 11.3. The third kappa shape index (κ3) is 2.64. The summed E-state index contributed by atoms with van der Waals surface area (Å²) in [7, 11) is 0. The molecule has 0 fully saturated rings. The molecule has 0 amide bonds. The molecule has 3 aromatic rings. The van der Waals surface area contributed by atoms with Crippen LogP contribution >= 0.6 is 12.2 Å². The number of hydrogen-bond donors (Lipinski definition) is 4. The predicted octanol–water partition coefficient (Wildman–Crippen LogP) is 3.59. The monoisotopic (exact) mass is 312 g/mol. The molecule has 1 heterocycles. The second-order valence-electron chi connectivity index (χ2n) is 4.73. The third-order valence-electron chi connectivity index (χ3n) is 3.24. The number of benzene rings is 2. The van der Waals surface area contributed by atoms with Crippen molar-refractivity contribution in [3.63, 3.8) is 0 Å². The Morgan fingerprint density at radius 3 is 2.23 bits per heavy atom. The first kappa shape index (κ1) is 14.1. The smallest absolute Gasteiger partial charge is 0.197 e. The van der Waals surface area contributed by atoms with Gasteiger partial charge >= 0.3 is 0 Å². The highest BCUT2D eigenvalue weighted by Crippen LogP contribution is 2.36. The maximum atomic E-state index is 10.1. The molecule has 1 aromatic heterocycles. The first-order chi connectivity index (χ1) is 10.5. The number of nitrogens with one attached hydrogen (secondary N) is 1. The topological polar surface area (TPSA) is 89.4 Å². The Hall–Kier alpha value is -2.86. The summed E-state index contributed by atoms with van der Waals surface area (Å²) in [4.78, 5) is 7.04. The van der Waals surface area contributed by atoms with Gasteiger partial charge in [0.15, 0.2) is 4.77 Å². The van der Waals surface area contributed by atoms with Gasteiger partial charge in [-0.3, -0.25) is 0 Å². The Kier molecular flexibility index (Phi) is 3.52. The number of aromatic nitrogens is 2. The average Bonchev–Trinajstić information content (AvgIpc) is 2.48. The van der Waals surface area contributed by atoms with E-state index in [9.17, 15) is 15.3 Å². The largest absolute Gasteiger partial charge is 0.508 e. The molecule has 22 heavy (non-hydrogen) atoms. The molecule has 0 aliphatic heterocycles. The van der Waals surface area contributed by atoms with Crippen molar-refractivity contribution in [1.82, 2.24) is 9.97 Å². The SMILES string of the molecule is Oc1ccc(-c2cnc(=S)[nH]c2-c2ccc(O)cc2O)cc1. The zero-order chi connectivity index (χ0) is 15.7. The maximum absolute atomic E-state index is 10.1. The van der Waals surface area contributed by atoms with Crippen LogP contribution in [-0.4, -0.2) is 25.3 Å². The molecule has 0 spiro atoms. The van der Waals surface area contributed by atoms with Crippen molar-refractivity contribution in [2.24, 2.45) is 0 Å². The summed E-state index contributed by atoms with van der Waals surface area (Å²) in [5.74, 6) is 0.0616. The lowest BCUT2D eigenvalue weighted by atomic mass is 10.00. The molecule has 0 saturated heterocycles. The van der Waals surface area contributed by atoms with E-state index in [0.29, 0.717) is 11.3 Å². The van der Waals surface area contributed by atoms with Crippen LogP contribution in [0.2, 0.25) is 0 Å². The lowest BCUT2D eigenvalue weighted by Gasteiger charge is -2.11. The molecular weight excluding hydrogens is 300 g/mol. The molecule has 0 bridgehead atoms. The second kappa shape index (κ2) is 5.50. The number of H-pyrrole nitrogens is 1. The maximum Gasteiger partial charge on any atom is 0.197 e. The number of aromatic amines is 1. The summed E-state index contributed by atoms with van der Waals surface area (Å²) in [5.41, 5.74) is 2.60. The van der Waals surface area contributed by atoms with Gasteiger partial charge in [-0.2, -0.15) is 0 Å². The van der Waals surface area contributed by atoms with Gasteiger partial charge in [0.2, 0.25) is 0 Å². The fraction of sp³-hybridized carbons (Fsp3) is 0. The van der Waals surface area contributed by atoms with Gasteiger partial charge in [0, 0.05) is 23.4 Å². The fourth-order valence-corrected chi connectivity index (χ4v) is 2.35. The highest BCUT2D eigenvalue weighted by Gasteiger charge is 2.13. The third-order valence-corrected chi connectivity index (χ3v) is 3.45. The van der Waals surface area contributed by atoms with Crippen molar-refractivity contribution in [2.75, 3.05) is 0 Å². The average molecular weight is 312 g/mol. The van der Waals surface area contributed by atoms with Crippen molar-refractivity contribution in [1.29, 1.82) is 0 Å². The minimum absolute atomic E-state index is 0.0277. The van der Waals surface area contributed by atoms with E-state index >= 15 is 0 Å². The number of phenolic OH excluding ortho intramolecular Hbond substituents is 3.